The molecule has 35 heavy (non-hydrogen) atoms. The number of benzene rings is 3. The van der Waals surface area contributed by atoms with Gasteiger partial charge in [-0.15, -0.1) is 0 Å². The summed E-state index contributed by atoms with van der Waals surface area (Å²) in [6.07, 6.45) is 0.147. The Hall–Kier alpha value is -3.72. The number of amides is 1. The maximum atomic E-state index is 13.4. The van der Waals surface area contributed by atoms with Crippen molar-refractivity contribution < 1.29 is 22.7 Å². The van der Waals surface area contributed by atoms with E-state index in [9.17, 15) is 13.2 Å². The predicted octanol–water partition coefficient (Wildman–Crippen LogP) is 4.53. The van der Waals surface area contributed by atoms with Crippen LogP contribution in [0.3, 0.4) is 0 Å². The first-order valence-electron chi connectivity index (χ1n) is 11.3. The van der Waals surface area contributed by atoms with E-state index < -0.39 is 10.0 Å². The average molecular weight is 498 g/mol. The highest BCUT2D eigenvalue weighted by molar-refractivity contribution is 7.92. The van der Waals surface area contributed by atoms with E-state index >= 15 is 0 Å². The van der Waals surface area contributed by atoms with Crippen LogP contribution in [0.15, 0.2) is 71.6 Å². The largest absolute Gasteiger partial charge is 0.497 e. The molecule has 0 spiro atoms. The minimum absolute atomic E-state index is 0.0827. The first kappa shape index (κ1) is 25.9. The number of hydrogen-bond donors (Lipinski definition) is 2. The third-order valence-electron chi connectivity index (χ3n) is 5.50. The summed E-state index contributed by atoms with van der Waals surface area (Å²) in [4.78, 5) is 14.7. The normalized spacial score (nSPS) is 11.0. The molecule has 0 fully saturated rings. The minimum atomic E-state index is -3.95. The lowest BCUT2D eigenvalue weighted by Crippen LogP contribution is -2.26. The average Bonchev–Trinajstić information content (AvgIpc) is 2.86. The molecule has 3 aromatic rings. The van der Waals surface area contributed by atoms with Crippen LogP contribution in [-0.2, 0) is 21.2 Å². The molecule has 2 N–H and O–H groups in total. The Morgan fingerprint density at radius 1 is 0.829 bits per heavy atom. The third-order valence-corrected chi connectivity index (χ3v) is 6.91. The molecule has 3 aromatic carbocycles. The quantitative estimate of drug-likeness (QED) is 0.404. The van der Waals surface area contributed by atoms with Crippen molar-refractivity contribution in [3.05, 3.63) is 72.3 Å². The number of ether oxygens (including phenoxy) is 2. The number of anilines is 3. The Kier molecular flexibility index (Phi) is 8.59. The standard InChI is InChI=1S/C26H31N3O5S/c1-5-29(6-2)24-16-11-21(27-26(30)17-19-7-12-22(33-3)13-8-19)18-25(24)35(31,32)28-20-9-14-23(34-4)15-10-20/h7-16,18,28H,5-6,17H2,1-4H3,(H,27,30). The van der Waals surface area contributed by atoms with E-state index in [-0.39, 0.29) is 17.2 Å². The van der Waals surface area contributed by atoms with Crippen molar-refractivity contribution in [1.82, 2.24) is 0 Å². The topological polar surface area (TPSA) is 97.0 Å². The summed E-state index contributed by atoms with van der Waals surface area (Å²) in [6.45, 7) is 5.18. The summed E-state index contributed by atoms with van der Waals surface area (Å²) >= 11 is 0. The smallest absolute Gasteiger partial charge is 0.264 e. The summed E-state index contributed by atoms with van der Waals surface area (Å²) in [5, 5.41) is 2.82. The fourth-order valence-electron chi connectivity index (χ4n) is 3.64. The second-order valence-corrected chi connectivity index (χ2v) is 9.41. The van der Waals surface area contributed by atoms with E-state index in [1.807, 2.05) is 30.9 Å². The van der Waals surface area contributed by atoms with E-state index in [0.29, 0.717) is 41.7 Å². The van der Waals surface area contributed by atoms with Crippen LogP contribution in [0.4, 0.5) is 17.1 Å². The Morgan fingerprint density at radius 3 is 1.91 bits per heavy atom. The van der Waals surface area contributed by atoms with Gasteiger partial charge in [-0.05, 0) is 74.0 Å². The second-order valence-electron chi connectivity index (χ2n) is 7.76. The summed E-state index contributed by atoms with van der Waals surface area (Å²) in [6, 6.07) is 18.8. The Morgan fingerprint density at radius 2 is 1.37 bits per heavy atom. The first-order chi connectivity index (χ1) is 16.8. The van der Waals surface area contributed by atoms with Crippen molar-refractivity contribution in [1.29, 1.82) is 0 Å². The maximum Gasteiger partial charge on any atom is 0.264 e. The van der Waals surface area contributed by atoms with Gasteiger partial charge in [-0.1, -0.05) is 12.1 Å². The molecule has 186 valence electrons. The molecule has 0 aromatic heterocycles. The summed E-state index contributed by atoms with van der Waals surface area (Å²) in [7, 11) is -0.824. The number of methoxy groups -OCH3 is 2. The van der Waals surface area contributed by atoms with Gasteiger partial charge >= 0.3 is 0 Å². The van der Waals surface area contributed by atoms with Gasteiger partial charge in [-0.25, -0.2) is 8.42 Å². The van der Waals surface area contributed by atoms with Gasteiger partial charge in [0.1, 0.15) is 16.4 Å². The molecule has 0 bridgehead atoms. The highest BCUT2D eigenvalue weighted by atomic mass is 32.2. The van der Waals surface area contributed by atoms with E-state index in [1.54, 1.807) is 62.8 Å². The van der Waals surface area contributed by atoms with Crippen LogP contribution in [-0.4, -0.2) is 41.6 Å². The highest BCUT2D eigenvalue weighted by Crippen LogP contribution is 2.30. The number of rotatable bonds is 11. The van der Waals surface area contributed by atoms with Gasteiger partial charge in [-0.2, -0.15) is 0 Å². The number of hydrogen-bond acceptors (Lipinski definition) is 6. The number of carbonyl (C=O) groups is 1. The lowest BCUT2D eigenvalue weighted by atomic mass is 10.1. The van der Waals surface area contributed by atoms with Crippen molar-refractivity contribution in [2.24, 2.45) is 0 Å². The van der Waals surface area contributed by atoms with Crippen molar-refractivity contribution in [2.75, 3.05) is 42.2 Å². The van der Waals surface area contributed by atoms with Crippen molar-refractivity contribution >= 4 is 33.0 Å². The molecule has 0 unspecified atom stereocenters. The molecule has 0 heterocycles. The molecule has 0 aliphatic carbocycles. The molecule has 0 atom stereocenters. The van der Waals surface area contributed by atoms with Crippen LogP contribution in [0.2, 0.25) is 0 Å². The fraction of sp³-hybridized carbons (Fsp3) is 0.269. The second kappa shape index (κ2) is 11.6. The Balaban J connectivity index is 1.88. The zero-order valence-electron chi connectivity index (χ0n) is 20.4. The van der Waals surface area contributed by atoms with Crippen LogP contribution in [0.25, 0.3) is 0 Å². The third kappa shape index (κ3) is 6.66. The molecule has 0 radical (unpaired) electrons. The molecular weight excluding hydrogens is 466 g/mol. The first-order valence-corrected chi connectivity index (χ1v) is 12.8. The van der Waals surface area contributed by atoms with Crippen molar-refractivity contribution in [2.45, 2.75) is 25.2 Å². The zero-order chi connectivity index (χ0) is 25.4. The lowest BCUT2D eigenvalue weighted by Gasteiger charge is -2.25. The Labute approximate surface area is 206 Å². The zero-order valence-corrected chi connectivity index (χ0v) is 21.2. The van der Waals surface area contributed by atoms with Crippen LogP contribution in [0, 0.1) is 0 Å². The Bertz CT molecular complexity index is 1240. The maximum absolute atomic E-state index is 13.4. The van der Waals surface area contributed by atoms with Gasteiger partial charge in [-0.3, -0.25) is 9.52 Å². The molecule has 0 aliphatic heterocycles. The number of sulfonamides is 1. The van der Waals surface area contributed by atoms with Gasteiger partial charge in [0.25, 0.3) is 10.0 Å². The summed E-state index contributed by atoms with van der Waals surface area (Å²) in [5.74, 6) is 1.08. The minimum Gasteiger partial charge on any atom is -0.497 e. The molecule has 0 saturated heterocycles. The molecule has 3 rings (SSSR count). The summed E-state index contributed by atoms with van der Waals surface area (Å²) in [5.41, 5.74) is 2.18. The number of nitrogens with one attached hydrogen (secondary N) is 2. The lowest BCUT2D eigenvalue weighted by molar-refractivity contribution is -0.115. The predicted molar refractivity (Wildman–Crippen MR) is 139 cm³/mol. The van der Waals surface area contributed by atoms with E-state index in [0.717, 1.165) is 5.56 Å². The van der Waals surface area contributed by atoms with E-state index in [2.05, 4.69) is 10.0 Å². The van der Waals surface area contributed by atoms with Crippen LogP contribution >= 0.6 is 0 Å². The van der Waals surface area contributed by atoms with E-state index in [1.165, 1.54) is 6.07 Å². The number of carbonyl (C=O) groups excluding carboxylic acids is 1. The molecule has 9 heteroatoms. The van der Waals surface area contributed by atoms with Crippen LogP contribution in [0.5, 0.6) is 11.5 Å². The molecular formula is C26H31N3O5S. The van der Waals surface area contributed by atoms with Gasteiger partial charge in [0.05, 0.1) is 26.3 Å². The van der Waals surface area contributed by atoms with Gasteiger partial charge in [0.15, 0.2) is 0 Å². The molecule has 8 nitrogen and oxygen atoms in total. The monoisotopic (exact) mass is 497 g/mol. The highest BCUT2D eigenvalue weighted by Gasteiger charge is 2.23. The van der Waals surface area contributed by atoms with E-state index in [4.69, 9.17) is 9.47 Å². The van der Waals surface area contributed by atoms with Gasteiger partial charge < -0.3 is 19.7 Å². The van der Waals surface area contributed by atoms with Crippen molar-refractivity contribution in [3.63, 3.8) is 0 Å². The molecule has 1 amide bonds. The molecule has 0 aliphatic rings. The van der Waals surface area contributed by atoms with Crippen molar-refractivity contribution in [3.8, 4) is 11.5 Å². The summed E-state index contributed by atoms with van der Waals surface area (Å²) < 4.78 is 39.7. The van der Waals surface area contributed by atoms with Crippen LogP contribution < -0.4 is 24.4 Å². The van der Waals surface area contributed by atoms with Crippen LogP contribution in [0.1, 0.15) is 19.4 Å². The van der Waals surface area contributed by atoms with Gasteiger partial charge in [0.2, 0.25) is 5.91 Å². The van der Waals surface area contributed by atoms with Gasteiger partial charge in [0, 0.05) is 24.5 Å². The number of nitrogens with zero attached hydrogens (tertiary/aromatic N) is 1. The molecule has 0 saturated carbocycles. The fourth-order valence-corrected chi connectivity index (χ4v) is 4.95. The SMILES string of the molecule is CCN(CC)c1ccc(NC(=O)Cc2ccc(OC)cc2)cc1S(=O)(=O)Nc1ccc(OC)cc1.